The minimum absolute atomic E-state index is 0.0165. The van der Waals surface area contributed by atoms with E-state index in [0.717, 1.165) is 12.8 Å². The molecule has 1 aliphatic carbocycles. The molecule has 1 amide bonds. The van der Waals surface area contributed by atoms with Gasteiger partial charge >= 0.3 is 0 Å². The summed E-state index contributed by atoms with van der Waals surface area (Å²) in [6.45, 7) is 2.12. The lowest BCUT2D eigenvalue weighted by atomic mass is 10.1. The van der Waals surface area contributed by atoms with Gasteiger partial charge in [-0.15, -0.1) is 0 Å². The largest absolute Gasteiger partial charge is 0.508 e. The Morgan fingerprint density at radius 2 is 2.20 bits per heavy atom. The third-order valence-corrected chi connectivity index (χ3v) is 4.33. The van der Waals surface area contributed by atoms with Gasteiger partial charge in [-0.1, -0.05) is 12.1 Å². The molecule has 25 heavy (non-hydrogen) atoms. The first-order chi connectivity index (χ1) is 12.0. The van der Waals surface area contributed by atoms with E-state index in [4.69, 9.17) is 0 Å². The van der Waals surface area contributed by atoms with E-state index in [-0.39, 0.29) is 17.9 Å². The van der Waals surface area contributed by atoms with Crippen molar-refractivity contribution in [3.63, 3.8) is 0 Å². The number of carbonyl (C=O) groups excluding carboxylic acids is 1. The number of nitrogens with one attached hydrogen (secondary N) is 1. The maximum atomic E-state index is 12.6. The summed E-state index contributed by atoms with van der Waals surface area (Å²) in [5, 5.41) is 19.8. The molecule has 1 atom stereocenters. The highest BCUT2D eigenvalue weighted by molar-refractivity contribution is 5.93. The Balaban J connectivity index is 1.76. The molecule has 7 heteroatoms. The van der Waals surface area contributed by atoms with Gasteiger partial charge in [-0.25, -0.2) is 4.98 Å². The summed E-state index contributed by atoms with van der Waals surface area (Å²) < 4.78 is 0. The maximum absolute atomic E-state index is 12.6. The zero-order chi connectivity index (χ0) is 18.0. The second-order valence-corrected chi connectivity index (χ2v) is 6.24. The lowest BCUT2D eigenvalue weighted by molar-refractivity contribution is 0.0632. The summed E-state index contributed by atoms with van der Waals surface area (Å²) in [6.07, 6.45) is 2.37. The van der Waals surface area contributed by atoms with Gasteiger partial charge in [0.25, 0.3) is 11.5 Å². The summed E-state index contributed by atoms with van der Waals surface area (Å²) in [5.41, 5.74) is 0.0175. The van der Waals surface area contributed by atoms with Gasteiger partial charge in [0, 0.05) is 18.7 Å². The summed E-state index contributed by atoms with van der Waals surface area (Å²) in [6, 6.07) is 6.24. The molecule has 2 aromatic rings. The van der Waals surface area contributed by atoms with E-state index in [1.165, 1.54) is 23.2 Å². The molecule has 1 fully saturated rings. The van der Waals surface area contributed by atoms with E-state index in [2.05, 4.69) is 9.97 Å². The maximum Gasteiger partial charge on any atom is 0.263 e. The van der Waals surface area contributed by atoms with Gasteiger partial charge in [0.1, 0.15) is 17.1 Å². The van der Waals surface area contributed by atoms with Crippen molar-refractivity contribution < 1.29 is 15.0 Å². The van der Waals surface area contributed by atoms with Crippen molar-refractivity contribution >= 4 is 5.91 Å². The minimum Gasteiger partial charge on any atom is -0.508 e. The number of carbonyl (C=O) groups is 1. The van der Waals surface area contributed by atoms with E-state index >= 15 is 0 Å². The molecule has 132 valence electrons. The van der Waals surface area contributed by atoms with Gasteiger partial charge in [0.05, 0.1) is 12.6 Å². The van der Waals surface area contributed by atoms with Crippen LogP contribution < -0.4 is 5.56 Å². The molecule has 0 aliphatic heterocycles. The van der Waals surface area contributed by atoms with Crippen LogP contribution in [0.2, 0.25) is 0 Å². The number of aromatic hydroxyl groups is 1. The molecule has 0 radical (unpaired) electrons. The zero-order valence-electron chi connectivity index (χ0n) is 14.0. The zero-order valence-corrected chi connectivity index (χ0v) is 14.0. The van der Waals surface area contributed by atoms with Crippen molar-refractivity contribution in [3.8, 4) is 5.75 Å². The Morgan fingerprint density at radius 3 is 2.80 bits per heavy atom. The van der Waals surface area contributed by atoms with Crippen LogP contribution >= 0.6 is 0 Å². The number of aliphatic hydroxyl groups excluding tert-OH is 1. The van der Waals surface area contributed by atoms with Crippen LogP contribution in [-0.2, 0) is 0 Å². The lowest BCUT2D eigenvalue weighted by Crippen LogP contribution is -2.37. The third-order valence-electron chi connectivity index (χ3n) is 4.33. The molecule has 7 nitrogen and oxygen atoms in total. The Kier molecular flexibility index (Phi) is 4.85. The average molecular weight is 343 g/mol. The lowest BCUT2D eigenvalue weighted by Gasteiger charge is -2.24. The van der Waals surface area contributed by atoms with Crippen LogP contribution in [0, 0.1) is 0 Å². The van der Waals surface area contributed by atoms with Crippen LogP contribution in [-0.4, -0.2) is 44.1 Å². The van der Waals surface area contributed by atoms with Crippen LogP contribution in [0.25, 0.3) is 0 Å². The Labute approximate surface area is 145 Å². The Hall–Kier alpha value is -2.67. The number of amides is 1. The van der Waals surface area contributed by atoms with Crippen molar-refractivity contribution in [2.45, 2.75) is 31.8 Å². The first kappa shape index (κ1) is 17.2. The predicted octanol–water partition coefficient (Wildman–Crippen LogP) is 1.55. The fourth-order valence-corrected chi connectivity index (χ4v) is 2.70. The van der Waals surface area contributed by atoms with Crippen molar-refractivity contribution in [3.05, 3.63) is 57.8 Å². The molecule has 0 spiro atoms. The second kappa shape index (κ2) is 7.06. The van der Waals surface area contributed by atoms with Crippen LogP contribution in [0.3, 0.4) is 0 Å². The smallest absolute Gasteiger partial charge is 0.263 e. The number of phenols is 1. The average Bonchev–Trinajstić information content (AvgIpc) is 3.44. The highest BCUT2D eigenvalue weighted by Gasteiger charge is 2.27. The Morgan fingerprint density at radius 1 is 1.44 bits per heavy atom. The topological polar surface area (TPSA) is 107 Å². The molecule has 1 aliphatic rings. The van der Waals surface area contributed by atoms with Gasteiger partial charge in [0.2, 0.25) is 0 Å². The number of nitrogens with zero attached hydrogens (tertiary/aromatic N) is 2. The monoisotopic (exact) mass is 343 g/mol. The molecule has 0 saturated heterocycles. The molecule has 1 saturated carbocycles. The van der Waals surface area contributed by atoms with Gasteiger partial charge in [-0.05, 0) is 37.5 Å². The van der Waals surface area contributed by atoms with Gasteiger partial charge < -0.3 is 20.1 Å². The molecule has 0 unspecified atom stereocenters. The number of aromatic amines is 1. The summed E-state index contributed by atoms with van der Waals surface area (Å²) in [7, 11) is 0. The van der Waals surface area contributed by atoms with Gasteiger partial charge in [0.15, 0.2) is 0 Å². The predicted molar refractivity (Wildman–Crippen MR) is 91.5 cm³/mol. The molecule has 1 aromatic heterocycles. The molecule has 3 rings (SSSR count). The van der Waals surface area contributed by atoms with E-state index < -0.39 is 17.6 Å². The molecule has 1 aromatic carbocycles. The second-order valence-electron chi connectivity index (χ2n) is 6.24. The third kappa shape index (κ3) is 3.88. The summed E-state index contributed by atoms with van der Waals surface area (Å²) in [5.74, 6) is 0.496. The summed E-state index contributed by atoms with van der Waals surface area (Å²) in [4.78, 5) is 33.1. The molecular weight excluding hydrogens is 322 g/mol. The number of rotatable bonds is 6. The van der Waals surface area contributed by atoms with Crippen molar-refractivity contribution in [1.82, 2.24) is 14.9 Å². The van der Waals surface area contributed by atoms with E-state index in [0.29, 0.717) is 23.9 Å². The molecule has 3 N–H and O–H groups in total. The minimum atomic E-state index is -0.964. The highest BCUT2D eigenvalue weighted by Crippen LogP contribution is 2.37. The quantitative estimate of drug-likeness (QED) is 0.738. The van der Waals surface area contributed by atoms with Crippen molar-refractivity contribution in [1.29, 1.82) is 0 Å². The number of aliphatic hydroxyl groups is 1. The fourth-order valence-electron chi connectivity index (χ4n) is 2.70. The van der Waals surface area contributed by atoms with Crippen LogP contribution in [0.1, 0.15) is 53.5 Å². The first-order valence-electron chi connectivity index (χ1n) is 8.35. The fraction of sp³-hybridized carbons (Fsp3) is 0.389. The Bertz CT molecular complexity index is 829. The SMILES string of the molecule is CCN(C[C@@H](O)c1cccc(O)c1)C(=O)c1cnc(C2CC2)[nH]c1=O. The molecule has 1 heterocycles. The van der Waals surface area contributed by atoms with Crippen LogP contribution in [0.5, 0.6) is 5.75 Å². The number of likely N-dealkylation sites (N-methyl/N-ethyl adjacent to an activating group) is 1. The van der Waals surface area contributed by atoms with E-state index in [1.807, 2.05) is 0 Å². The van der Waals surface area contributed by atoms with E-state index in [1.54, 1.807) is 19.1 Å². The highest BCUT2D eigenvalue weighted by atomic mass is 16.3. The summed E-state index contributed by atoms with van der Waals surface area (Å²) >= 11 is 0. The standard InChI is InChI=1S/C18H21N3O4/c1-2-21(10-15(23)12-4-3-5-13(22)8-12)18(25)14-9-19-16(11-6-7-11)20-17(14)24/h3-5,8-9,11,15,22-23H,2,6-7,10H2,1H3,(H,19,20,24)/t15-/m1/s1. The van der Waals surface area contributed by atoms with Gasteiger partial charge in [-0.2, -0.15) is 0 Å². The molecule has 0 bridgehead atoms. The number of H-pyrrole nitrogens is 1. The number of hydrogen-bond acceptors (Lipinski definition) is 5. The number of phenolic OH excluding ortho intramolecular Hbond substituents is 1. The van der Waals surface area contributed by atoms with Crippen molar-refractivity contribution in [2.24, 2.45) is 0 Å². The normalized spacial score (nSPS) is 15.0. The number of benzene rings is 1. The number of aromatic nitrogens is 2. The number of hydrogen-bond donors (Lipinski definition) is 3. The molecular formula is C18H21N3O4. The van der Waals surface area contributed by atoms with Crippen LogP contribution in [0.4, 0.5) is 0 Å². The van der Waals surface area contributed by atoms with Crippen molar-refractivity contribution in [2.75, 3.05) is 13.1 Å². The van der Waals surface area contributed by atoms with E-state index in [9.17, 15) is 19.8 Å². The van der Waals surface area contributed by atoms with Gasteiger partial charge in [-0.3, -0.25) is 9.59 Å². The van der Waals surface area contributed by atoms with Crippen LogP contribution in [0.15, 0.2) is 35.3 Å². The first-order valence-corrected chi connectivity index (χ1v) is 8.35.